The summed E-state index contributed by atoms with van der Waals surface area (Å²) in [6.07, 6.45) is 3.30. The van der Waals surface area contributed by atoms with Crippen molar-refractivity contribution in [3.8, 4) is 11.4 Å². The summed E-state index contributed by atoms with van der Waals surface area (Å²) >= 11 is 12.7. The van der Waals surface area contributed by atoms with E-state index in [1.54, 1.807) is 18.3 Å². The monoisotopic (exact) mass is 399 g/mol. The van der Waals surface area contributed by atoms with Crippen LogP contribution in [0.4, 0.5) is 5.82 Å². The number of rotatable bonds is 6. The van der Waals surface area contributed by atoms with E-state index in [0.717, 1.165) is 29.5 Å². The molecule has 1 fully saturated rings. The highest BCUT2D eigenvalue weighted by Crippen LogP contribution is 2.48. The second-order valence-corrected chi connectivity index (χ2v) is 7.45. The van der Waals surface area contributed by atoms with E-state index in [1.807, 2.05) is 36.4 Å². The van der Waals surface area contributed by atoms with Gasteiger partial charge in [0, 0.05) is 18.3 Å². The molecule has 0 bridgehead atoms. The minimum Gasteiger partial charge on any atom is -0.387 e. The van der Waals surface area contributed by atoms with Crippen molar-refractivity contribution in [3.05, 3.63) is 75.9 Å². The molecule has 0 aliphatic heterocycles. The Labute approximate surface area is 168 Å². The third kappa shape index (κ3) is 4.08. The molecular weight excluding hydrogens is 381 g/mol. The summed E-state index contributed by atoms with van der Waals surface area (Å²) in [6, 6.07) is 15.0. The number of aromatic nitrogens is 2. The van der Waals surface area contributed by atoms with Crippen LogP contribution in [0, 0.1) is 0 Å². The molecule has 1 heterocycles. The van der Waals surface area contributed by atoms with Crippen LogP contribution in [0.1, 0.15) is 36.0 Å². The quantitative estimate of drug-likeness (QED) is 0.576. The van der Waals surface area contributed by atoms with Gasteiger partial charge in [0.1, 0.15) is 5.82 Å². The summed E-state index contributed by atoms with van der Waals surface area (Å²) in [5, 5.41) is 14.7. The van der Waals surface area contributed by atoms with Gasteiger partial charge in [0.25, 0.3) is 0 Å². The van der Waals surface area contributed by atoms with Crippen LogP contribution < -0.4 is 5.32 Å². The highest BCUT2D eigenvalue weighted by Gasteiger charge is 2.30. The van der Waals surface area contributed by atoms with Gasteiger partial charge in [-0.25, -0.2) is 9.97 Å². The average Bonchev–Trinajstić information content (AvgIpc) is 3.54. The van der Waals surface area contributed by atoms with Crippen LogP contribution in [0.2, 0.25) is 10.0 Å². The van der Waals surface area contributed by atoms with E-state index in [0.29, 0.717) is 34.2 Å². The number of hydrogen-bond donors (Lipinski definition) is 2. The molecule has 1 aliphatic rings. The van der Waals surface area contributed by atoms with E-state index < -0.39 is 6.10 Å². The molecule has 0 unspecified atom stereocenters. The Morgan fingerprint density at radius 2 is 1.85 bits per heavy atom. The van der Waals surface area contributed by atoms with E-state index in [1.165, 1.54) is 0 Å². The van der Waals surface area contributed by atoms with Gasteiger partial charge in [-0.2, -0.15) is 0 Å². The zero-order valence-corrected chi connectivity index (χ0v) is 16.1. The first-order chi connectivity index (χ1) is 13.1. The first-order valence-electron chi connectivity index (χ1n) is 8.91. The Bertz CT molecular complexity index is 945. The summed E-state index contributed by atoms with van der Waals surface area (Å²) in [6.45, 7) is 0.358. The molecule has 0 spiro atoms. The van der Waals surface area contributed by atoms with Crippen molar-refractivity contribution in [2.45, 2.75) is 24.9 Å². The van der Waals surface area contributed by atoms with Gasteiger partial charge in [-0.15, -0.1) is 0 Å². The predicted molar refractivity (Wildman–Crippen MR) is 109 cm³/mol. The smallest absolute Gasteiger partial charge is 0.161 e. The van der Waals surface area contributed by atoms with Crippen LogP contribution in [0.3, 0.4) is 0 Å². The summed E-state index contributed by atoms with van der Waals surface area (Å²) < 4.78 is 0. The van der Waals surface area contributed by atoms with E-state index >= 15 is 0 Å². The van der Waals surface area contributed by atoms with Crippen molar-refractivity contribution < 1.29 is 5.11 Å². The maximum Gasteiger partial charge on any atom is 0.161 e. The molecule has 0 saturated heterocycles. The van der Waals surface area contributed by atoms with Crippen LogP contribution >= 0.6 is 23.2 Å². The Hall–Kier alpha value is -2.14. The van der Waals surface area contributed by atoms with E-state index in [-0.39, 0.29) is 0 Å². The van der Waals surface area contributed by atoms with Gasteiger partial charge in [0.2, 0.25) is 0 Å². The van der Waals surface area contributed by atoms with E-state index in [9.17, 15) is 5.11 Å². The molecule has 6 heteroatoms. The first-order valence-corrected chi connectivity index (χ1v) is 9.67. The maximum absolute atomic E-state index is 10.3. The van der Waals surface area contributed by atoms with Crippen molar-refractivity contribution in [2.24, 2.45) is 0 Å². The second-order valence-electron chi connectivity index (χ2n) is 6.67. The third-order valence-electron chi connectivity index (χ3n) is 4.68. The molecule has 4 nitrogen and oxygen atoms in total. The predicted octanol–water partition coefficient (Wildman–Crippen LogP) is 5.47. The van der Waals surface area contributed by atoms with Crippen molar-refractivity contribution in [2.75, 3.05) is 11.9 Å². The highest BCUT2D eigenvalue weighted by molar-refractivity contribution is 6.42. The third-order valence-corrected chi connectivity index (χ3v) is 5.49. The van der Waals surface area contributed by atoms with E-state index in [2.05, 4.69) is 15.3 Å². The van der Waals surface area contributed by atoms with Gasteiger partial charge >= 0.3 is 0 Å². The zero-order chi connectivity index (χ0) is 18.8. The van der Waals surface area contributed by atoms with Gasteiger partial charge in [0.15, 0.2) is 5.82 Å². The lowest BCUT2D eigenvalue weighted by Gasteiger charge is -2.14. The molecule has 3 aromatic rings. The number of hydrogen-bond acceptors (Lipinski definition) is 4. The number of benzene rings is 2. The summed E-state index contributed by atoms with van der Waals surface area (Å²) in [7, 11) is 0. The molecule has 27 heavy (non-hydrogen) atoms. The molecule has 1 aliphatic carbocycles. The number of halogens is 2. The lowest BCUT2D eigenvalue weighted by Crippen LogP contribution is -2.13. The number of nitrogens with zero attached hydrogens (tertiary/aromatic N) is 2. The van der Waals surface area contributed by atoms with Gasteiger partial charge in [-0.05, 0) is 48.1 Å². The maximum atomic E-state index is 10.3. The average molecular weight is 400 g/mol. The molecule has 2 aromatic carbocycles. The number of anilines is 1. The normalized spacial score (nSPS) is 14.8. The molecule has 4 rings (SSSR count). The molecule has 2 N–H and O–H groups in total. The van der Waals surface area contributed by atoms with Crippen LogP contribution in [-0.2, 0) is 0 Å². The molecule has 0 amide bonds. The topological polar surface area (TPSA) is 58.0 Å². The fourth-order valence-corrected chi connectivity index (χ4v) is 3.60. The number of aliphatic hydroxyl groups is 1. The Kier molecular flexibility index (Phi) is 5.30. The van der Waals surface area contributed by atoms with Crippen LogP contribution in [-0.4, -0.2) is 21.6 Å². The van der Waals surface area contributed by atoms with Crippen LogP contribution in [0.5, 0.6) is 0 Å². The van der Waals surface area contributed by atoms with Gasteiger partial charge in [0.05, 0.1) is 16.1 Å². The number of aliphatic hydroxyl groups excluding tert-OH is 1. The zero-order valence-electron chi connectivity index (χ0n) is 14.6. The summed E-state index contributed by atoms with van der Waals surface area (Å²) in [4.78, 5) is 9.04. The lowest BCUT2D eigenvalue weighted by molar-refractivity contribution is 0.191. The van der Waals surface area contributed by atoms with Gasteiger partial charge in [-0.1, -0.05) is 53.5 Å². The van der Waals surface area contributed by atoms with Crippen molar-refractivity contribution in [1.82, 2.24) is 9.97 Å². The van der Waals surface area contributed by atoms with Crippen molar-refractivity contribution in [3.63, 3.8) is 0 Å². The summed E-state index contributed by atoms with van der Waals surface area (Å²) in [5.41, 5.74) is 2.81. The number of nitrogens with one attached hydrogen (secondary N) is 1. The van der Waals surface area contributed by atoms with Crippen molar-refractivity contribution >= 4 is 29.0 Å². The second kappa shape index (κ2) is 7.85. The van der Waals surface area contributed by atoms with Crippen LogP contribution in [0.15, 0.2) is 54.7 Å². The highest BCUT2D eigenvalue weighted by atomic mass is 35.5. The molecule has 1 saturated carbocycles. The lowest BCUT2D eigenvalue weighted by atomic mass is 10.0. The summed E-state index contributed by atoms with van der Waals surface area (Å²) in [5.74, 6) is 1.68. The molecule has 1 atom stereocenters. The van der Waals surface area contributed by atoms with Gasteiger partial charge in [-0.3, -0.25) is 0 Å². The molecule has 0 radical (unpaired) electrons. The Morgan fingerprint density at radius 1 is 1.07 bits per heavy atom. The minimum atomic E-state index is -0.614. The SMILES string of the molecule is O[C@@H](CNc1ccnc(-c2ccc(Cl)c(Cl)c2C2CC2)n1)c1ccccc1. The van der Waals surface area contributed by atoms with E-state index in [4.69, 9.17) is 23.2 Å². The largest absolute Gasteiger partial charge is 0.387 e. The first kappa shape index (κ1) is 18.2. The molecular formula is C21H19Cl2N3O. The molecule has 1 aromatic heterocycles. The molecule has 138 valence electrons. The van der Waals surface area contributed by atoms with Crippen molar-refractivity contribution in [1.29, 1.82) is 0 Å². The van der Waals surface area contributed by atoms with Gasteiger partial charge < -0.3 is 10.4 Å². The van der Waals surface area contributed by atoms with Crippen LogP contribution in [0.25, 0.3) is 11.4 Å². The fourth-order valence-electron chi connectivity index (χ4n) is 3.11. The minimum absolute atomic E-state index is 0.358. The standard InChI is InChI=1S/C21H19Cl2N3O/c22-16-9-8-15(19(20(16)23)14-6-7-14)21-24-11-10-18(26-21)25-12-17(27)13-4-2-1-3-5-13/h1-5,8-11,14,17,27H,6-7,12H2,(H,24,25,26)/t17-/m0/s1. The Morgan fingerprint density at radius 3 is 2.59 bits per heavy atom. The fraction of sp³-hybridized carbons (Fsp3) is 0.238. The Balaban J connectivity index is 1.56.